The Morgan fingerprint density at radius 2 is 0.720 bits per heavy atom. The van der Waals surface area contributed by atoms with Crippen molar-refractivity contribution in [2.24, 2.45) is 162 Å². The quantitative estimate of drug-likeness (QED) is 0.238. The van der Waals surface area contributed by atoms with Crippen LogP contribution in [0.5, 0.6) is 0 Å². The Kier molecular flexibility index (Phi) is 16.5. The van der Waals surface area contributed by atoms with Crippen LogP contribution < -0.4 is 5.32 Å². The Labute approximate surface area is 580 Å². The monoisotopic (exact) mass is 1280 g/mol. The van der Waals surface area contributed by atoms with Crippen molar-refractivity contribution in [2.75, 3.05) is 6.54 Å². The molecule has 532 valence electrons. The number of nitrogens with one attached hydrogen (secondary N) is 1. The lowest BCUT2D eigenvalue weighted by molar-refractivity contribution is -0.00947. The van der Waals surface area contributed by atoms with Crippen LogP contribution in [0.2, 0.25) is 0 Å². The molecule has 0 aromatic rings. The topological polar surface area (TPSA) is 12.0 Å². The summed E-state index contributed by atoms with van der Waals surface area (Å²) in [4.78, 5) is 0. The summed E-state index contributed by atoms with van der Waals surface area (Å²) in [6.45, 7) is 67.0. The molecule has 1 N–H and O–H groups in total. The van der Waals surface area contributed by atoms with E-state index in [0.717, 1.165) is 70.1 Å². The summed E-state index contributed by atoms with van der Waals surface area (Å²) in [5, 5.41) is 3.79. The number of piperidine rings is 1. The van der Waals surface area contributed by atoms with Crippen molar-refractivity contribution in [3.05, 3.63) is 12.2 Å². The number of hydrogen-bond donors (Lipinski definition) is 1. The summed E-state index contributed by atoms with van der Waals surface area (Å²) in [7, 11) is 0. The second-order valence-corrected chi connectivity index (χ2v) is 45.7. The molecule has 1 heterocycles. The molecule has 93 heavy (non-hydrogen) atoms. The third kappa shape index (κ3) is 8.33. The minimum absolute atomic E-state index is 0.558. The summed E-state index contributed by atoms with van der Waals surface area (Å²) in [6.07, 6.45) is 54.3. The number of rotatable bonds is 0. The predicted molar refractivity (Wildman–Crippen MR) is 401 cm³/mol. The summed E-state index contributed by atoms with van der Waals surface area (Å²) in [5.41, 5.74) is 12.5. The number of allylic oxidation sites excluding steroid dienone is 2. The van der Waals surface area contributed by atoms with Crippen molar-refractivity contribution < 1.29 is 0 Å². The molecule has 17 aliphatic carbocycles. The van der Waals surface area contributed by atoms with Crippen LogP contribution in [0.1, 0.15) is 392 Å². The number of hydrogen-bond acceptors (Lipinski definition) is 1. The first-order valence-corrected chi connectivity index (χ1v) is 42.3. The van der Waals surface area contributed by atoms with Gasteiger partial charge in [-0.3, -0.25) is 0 Å². The van der Waals surface area contributed by atoms with Crippen LogP contribution in [-0.4, -0.2) is 12.6 Å². The van der Waals surface area contributed by atoms with E-state index in [2.05, 4.69) is 197 Å². The molecule has 10 atom stereocenters. The zero-order valence-electron chi connectivity index (χ0n) is 67.5. The Morgan fingerprint density at radius 3 is 1.16 bits per heavy atom. The van der Waals surface area contributed by atoms with Gasteiger partial charge in [0.15, 0.2) is 0 Å². The fourth-order valence-electron chi connectivity index (χ4n) is 35.3. The molecule has 1 nitrogen and oxygen atoms in total. The molecule has 0 aromatic heterocycles. The van der Waals surface area contributed by atoms with Gasteiger partial charge >= 0.3 is 0 Å². The van der Waals surface area contributed by atoms with Gasteiger partial charge < -0.3 is 5.32 Å². The minimum Gasteiger partial charge on any atom is -0.314 e. The van der Waals surface area contributed by atoms with Crippen molar-refractivity contribution in [2.45, 2.75) is 398 Å². The maximum Gasteiger partial charge on any atom is 0.0101 e. The van der Waals surface area contributed by atoms with Crippen molar-refractivity contribution in [3.8, 4) is 0 Å². The van der Waals surface area contributed by atoms with E-state index >= 15 is 0 Å². The van der Waals surface area contributed by atoms with E-state index in [1.807, 2.05) is 0 Å². The minimum atomic E-state index is 0.558. The van der Waals surface area contributed by atoms with Crippen LogP contribution in [0.15, 0.2) is 12.2 Å². The first-order valence-electron chi connectivity index (χ1n) is 42.3. The van der Waals surface area contributed by atoms with Crippen LogP contribution in [0.25, 0.3) is 0 Å². The normalized spacial score (nSPS) is 42.5. The lowest BCUT2D eigenvalue weighted by atomic mass is 9.54. The van der Waals surface area contributed by atoms with E-state index < -0.39 is 0 Å². The van der Waals surface area contributed by atoms with Crippen LogP contribution in [0.3, 0.4) is 0 Å². The predicted octanol–water partition coefficient (Wildman–Crippen LogP) is 27.3. The fourth-order valence-corrected chi connectivity index (χ4v) is 35.3. The van der Waals surface area contributed by atoms with E-state index in [0.29, 0.717) is 97.5 Å². The van der Waals surface area contributed by atoms with Crippen molar-refractivity contribution >= 4 is 0 Å². The molecule has 1 saturated heterocycles. The lowest BCUT2D eigenvalue weighted by Gasteiger charge is -2.51. The van der Waals surface area contributed by atoms with Gasteiger partial charge in [-0.05, 0) is 297 Å². The molecule has 0 amide bonds. The number of fused-ring (bicyclic) bond motifs is 13. The zero-order chi connectivity index (χ0) is 67.9. The molecular formula is C92H159N. The van der Waals surface area contributed by atoms with Crippen LogP contribution in [-0.2, 0) is 0 Å². The van der Waals surface area contributed by atoms with Gasteiger partial charge in [0.2, 0.25) is 0 Å². The molecule has 18 aliphatic rings. The zero-order valence-corrected chi connectivity index (χ0v) is 67.5. The van der Waals surface area contributed by atoms with E-state index in [4.69, 9.17) is 0 Å². The molecule has 16 saturated carbocycles. The first-order chi connectivity index (χ1) is 42.9. The van der Waals surface area contributed by atoms with Crippen LogP contribution >= 0.6 is 0 Å². The van der Waals surface area contributed by atoms with Crippen molar-refractivity contribution in [3.63, 3.8) is 0 Å². The van der Waals surface area contributed by atoms with Gasteiger partial charge in [0, 0.05) is 6.04 Å². The van der Waals surface area contributed by atoms with E-state index in [-0.39, 0.29) is 0 Å². The summed E-state index contributed by atoms with van der Waals surface area (Å²) < 4.78 is 0. The van der Waals surface area contributed by atoms with Gasteiger partial charge in [0.25, 0.3) is 0 Å². The van der Waals surface area contributed by atoms with Crippen molar-refractivity contribution in [1.29, 1.82) is 0 Å². The van der Waals surface area contributed by atoms with E-state index in [1.165, 1.54) is 167 Å². The van der Waals surface area contributed by atoms with Crippen LogP contribution in [0.4, 0.5) is 0 Å². The Hall–Kier alpha value is -0.300. The Balaban J connectivity index is 0.000000102. The first kappa shape index (κ1) is 71.1. The third-order valence-corrected chi connectivity index (χ3v) is 43.6. The molecule has 1 heteroatoms. The van der Waals surface area contributed by atoms with Crippen LogP contribution in [0, 0.1) is 162 Å². The molecule has 4 bridgehead atoms. The smallest absolute Gasteiger partial charge is 0.0101 e. The fraction of sp³-hybridized carbons (Fsp3) is 0.978. The molecule has 17 fully saturated rings. The lowest BCUT2D eigenvalue weighted by Crippen LogP contribution is -2.49. The van der Waals surface area contributed by atoms with Gasteiger partial charge in [-0.15, -0.1) is 0 Å². The maximum absolute atomic E-state index is 3.79. The highest BCUT2D eigenvalue weighted by atomic mass is 15.0. The molecule has 7 spiro atoms. The van der Waals surface area contributed by atoms with Gasteiger partial charge in [-0.1, -0.05) is 276 Å². The van der Waals surface area contributed by atoms with E-state index in [1.54, 1.807) is 51.4 Å². The second-order valence-electron chi connectivity index (χ2n) is 45.7. The maximum atomic E-state index is 3.79. The molecule has 0 radical (unpaired) electrons. The average molecular weight is 1280 g/mol. The van der Waals surface area contributed by atoms with Gasteiger partial charge in [-0.2, -0.15) is 0 Å². The summed E-state index contributed by atoms with van der Waals surface area (Å²) in [5.74, 6) is 9.30. The van der Waals surface area contributed by atoms with Gasteiger partial charge in [0.1, 0.15) is 0 Å². The van der Waals surface area contributed by atoms with Gasteiger partial charge in [0.05, 0.1) is 0 Å². The molecular weight excluding hydrogens is 1120 g/mol. The highest BCUT2D eigenvalue weighted by Crippen LogP contribution is 2.93. The highest BCUT2D eigenvalue weighted by molar-refractivity contribution is 5.35. The second kappa shape index (κ2) is 21.6. The SMILES string of the molecule is CC1(C)C(C)(C)C12CC1CCC2C1.CC1(C)C(C)(C)C12CCCC1CC=CCC12.CC1(C)C(C)(C)C12CCCC1CCCCC12.CC1(C)C(C)(C)C12CCCC1NCCCC12.CC1(C)C(C)(C)C12CCCCC21CCCCC1.CC1(C)C2CCC1C1(C2)C(C)(C)C1(C)C. The highest BCUT2D eigenvalue weighted by Gasteiger charge is 2.87. The largest absolute Gasteiger partial charge is 0.314 e. The Bertz CT molecular complexity index is 2650. The van der Waals surface area contributed by atoms with E-state index in [9.17, 15) is 0 Å². The standard InChI is InChI=1S/C17H30.C16H28.C16H26.C15H27N.C15H26.C13H22/c1-14(2)15(3,4)17(14)13-9-8-12-16(17)10-6-5-7-11-16;2*1-14(2)15(3,4)16(14)11-7-9-12-8-5-6-10-13(12)16;1-13(2)14(3,4)15(13)9-5-8-12-11(15)7-6-10-16-12;1-12(2)10-7-8-11(12)15(9-10)13(3,4)14(15,5)6;1-11(2)12(3,4)13(11)8-9-5-6-10(13)7-9/h5-13H2,1-4H3;12-13H,5-11H2,1-4H3;5-6,12-13H,7-11H2,1-4H3;11-12,16H,5-10H2,1-4H3;10-11H,7-9H2,1-6H3;9-10H,5-8H2,1-4H3. The van der Waals surface area contributed by atoms with Crippen molar-refractivity contribution in [1.82, 2.24) is 5.32 Å². The molecule has 0 aromatic carbocycles. The molecule has 10 unspecified atom stereocenters. The molecule has 18 rings (SSSR count). The Morgan fingerprint density at radius 1 is 0.290 bits per heavy atom. The van der Waals surface area contributed by atoms with Gasteiger partial charge in [-0.25, -0.2) is 0 Å². The summed E-state index contributed by atoms with van der Waals surface area (Å²) >= 11 is 0. The third-order valence-electron chi connectivity index (χ3n) is 43.6. The summed E-state index contributed by atoms with van der Waals surface area (Å²) in [6, 6.07) is 0.837. The molecule has 1 aliphatic heterocycles. The average Bonchev–Trinajstić information content (AvgIpc) is 1.48.